The molecule has 0 heterocycles. The molecule has 0 saturated heterocycles. The van der Waals surface area contributed by atoms with Gasteiger partial charge in [-0.1, -0.05) is 0 Å². The van der Waals surface area contributed by atoms with Crippen LogP contribution >= 0.6 is 0 Å². The smallest absolute Gasteiger partial charge is 0.290 e. The van der Waals surface area contributed by atoms with Crippen molar-refractivity contribution in [2.24, 2.45) is 5.73 Å². The van der Waals surface area contributed by atoms with Crippen LogP contribution in [0.1, 0.15) is 24.8 Å². The number of nitro groups is 1. The van der Waals surface area contributed by atoms with Gasteiger partial charge in [0.2, 0.25) is 0 Å². The van der Waals surface area contributed by atoms with Gasteiger partial charge in [0.1, 0.15) is 23.5 Å². The summed E-state index contributed by atoms with van der Waals surface area (Å²) >= 11 is 0. The summed E-state index contributed by atoms with van der Waals surface area (Å²) < 4.78 is 5.64. The Labute approximate surface area is 104 Å². The normalized spacial score (nSPS) is 22.4. The number of hydrogen-bond acceptors (Lipinski definition) is 5. The Morgan fingerprint density at radius 1 is 1.50 bits per heavy atom. The van der Waals surface area contributed by atoms with Crippen molar-refractivity contribution in [3.05, 3.63) is 33.9 Å². The zero-order chi connectivity index (χ0) is 13.1. The first-order valence-corrected chi connectivity index (χ1v) is 5.71. The third-order valence-corrected chi connectivity index (χ3v) is 3.01. The van der Waals surface area contributed by atoms with Crippen LogP contribution < -0.4 is 10.5 Å². The minimum atomic E-state index is -0.578. The first-order valence-electron chi connectivity index (χ1n) is 5.71. The summed E-state index contributed by atoms with van der Waals surface area (Å²) in [6.07, 6.45) is 2.53. The fourth-order valence-corrected chi connectivity index (χ4v) is 2.10. The molecule has 0 spiro atoms. The molecule has 18 heavy (non-hydrogen) atoms. The molecule has 1 aromatic carbocycles. The third kappa shape index (κ3) is 2.57. The van der Waals surface area contributed by atoms with Gasteiger partial charge in [-0.2, -0.15) is 5.26 Å². The molecule has 1 aromatic rings. The predicted molar refractivity (Wildman–Crippen MR) is 64.1 cm³/mol. The predicted octanol–water partition coefficient (Wildman–Crippen LogP) is 1.73. The Kier molecular flexibility index (Phi) is 3.44. The van der Waals surface area contributed by atoms with E-state index in [2.05, 4.69) is 0 Å². The molecule has 0 aromatic heterocycles. The lowest BCUT2D eigenvalue weighted by atomic mass is 10.2. The molecule has 6 nitrogen and oxygen atoms in total. The first-order chi connectivity index (χ1) is 8.60. The van der Waals surface area contributed by atoms with E-state index in [0.717, 1.165) is 19.3 Å². The van der Waals surface area contributed by atoms with Crippen molar-refractivity contribution in [1.82, 2.24) is 0 Å². The second-order valence-electron chi connectivity index (χ2n) is 4.36. The van der Waals surface area contributed by atoms with Crippen LogP contribution in [-0.2, 0) is 0 Å². The fourth-order valence-electron chi connectivity index (χ4n) is 2.10. The van der Waals surface area contributed by atoms with Crippen molar-refractivity contribution >= 4 is 5.69 Å². The summed E-state index contributed by atoms with van der Waals surface area (Å²) in [5.74, 6) is 0.416. The van der Waals surface area contributed by atoms with Crippen LogP contribution in [-0.4, -0.2) is 17.1 Å². The van der Waals surface area contributed by atoms with Crippen LogP contribution in [0.4, 0.5) is 5.69 Å². The van der Waals surface area contributed by atoms with E-state index in [1.54, 1.807) is 12.1 Å². The summed E-state index contributed by atoms with van der Waals surface area (Å²) in [4.78, 5) is 10.2. The largest absolute Gasteiger partial charge is 0.490 e. The van der Waals surface area contributed by atoms with E-state index in [4.69, 9.17) is 15.7 Å². The van der Waals surface area contributed by atoms with Crippen LogP contribution in [0.2, 0.25) is 0 Å². The van der Waals surface area contributed by atoms with Crippen LogP contribution in [0.5, 0.6) is 5.75 Å². The van der Waals surface area contributed by atoms with Gasteiger partial charge in [-0.25, -0.2) is 0 Å². The molecule has 1 aliphatic carbocycles. The highest BCUT2D eigenvalue weighted by Gasteiger charge is 2.24. The van der Waals surface area contributed by atoms with Crippen molar-refractivity contribution in [3.63, 3.8) is 0 Å². The molecule has 6 heteroatoms. The van der Waals surface area contributed by atoms with Gasteiger partial charge in [0, 0.05) is 6.04 Å². The van der Waals surface area contributed by atoms with Gasteiger partial charge in [0.05, 0.1) is 11.0 Å². The highest BCUT2D eigenvalue weighted by atomic mass is 16.6. The number of nitro benzene ring substituents is 1. The average Bonchev–Trinajstić information content (AvgIpc) is 2.74. The summed E-state index contributed by atoms with van der Waals surface area (Å²) in [5, 5.41) is 19.6. The topological polar surface area (TPSA) is 102 Å². The molecule has 2 unspecified atom stereocenters. The van der Waals surface area contributed by atoms with E-state index in [0.29, 0.717) is 5.75 Å². The lowest BCUT2D eigenvalue weighted by molar-refractivity contribution is -0.385. The lowest BCUT2D eigenvalue weighted by Gasteiger charge is -2.13. The quantitative estimate of drug-likeness (QED) is 0.647. The summed E-state index contributed by atoms with van der Waals surface area (Å²) in [7, 11) is 0. The average molecular weight is 247 g/mol. The summed E-state index contributed by atoms with van der Waals surface area (Å²) in [5.41, 5.74) is 5.58. The van der Waals surface area contributed by atoms with Gasteiger partial charge in [-0.3, -0.25) is 10.1 Å². The number of benzene rings is 1. The standard InChI is InChI=1S/C12H13N3O3/c13-7-8-1-3-11(6-12(8)15(16)17)18-10-4-2-9(14)5-10/h1,3,6,9-10H,2,4-5,14H2. The third-order valence-electron chi connectivity index (χ3n) is 3.01. The summed E-state index contributed by atoms with van der Waals surface area (Å²) in [6.45, 7) is 0. The zero-order valence-corrected chi connectivity index (χ0v) is 9.70. The lowest BCUT2D eigenvalue weighted by Crippen LogP contribution is -2.19. The molecule has 2 rings (SSSR count). The number of nitriles is 1. The SMILES string of the molecule is N#Cc1ccc(OC2CCC(N)C2)cc1[N+](=O)[O-]. The zero-order valence-electron chi connectivity index (χ0n) is 9.70. The van der Waals surface area contributed by atoms with E-state index >= 15 is 0 Å². The maximum absolute atomic E-state index is 10.8. The highest BCUT2D eigenvalue weighted by Crippen LogP contribution is 2.28. The molecule has 1 fully saturated rings. The van der Waals surface area contributed by atoms with E-state index in [1.807, 2.05) is 0 Å². The van der Waals surface area contributed by atoms with Crippen molar-refractivity contribution < 1.29 is 9.66 Å². The molecule has 2 atom stereocenters. The Bertz CT molecular complexity index is 510. The van der Waals surface area contributed by atoms with Crippen molar-refractivity contribution in [2.45, 2.75) is 31.4 Å². The Balaban J connectivity index is 2.17. The molecule has 0 aliphatic heterocycles. The van der Waals surface area contributed by atoms with Crippen LogP contribution in [0.15, 0.2) is 18.2 Å². The van der Waals surface area contributed by atoms with Gasteiger partial charge in [0.25, 0.3) is 5.69 Å². The second kappa shape index (κ2) is 5.02. The minimum Gasteiger partial charge on any atom is -0.490 e. The van der Waals surface area contributed by atoms with Gasteiger partial charge in [-0.05, 0) is 31.4 Å². The van der Waals surface area contributed by atoms with Crippen LogP contribution in [0, 0.1) is 21.4 Å². The van der Waals surface area contributed by atoms with E-state index in [9.17, 15) is 10.1 Å². The van der Waals surface area contributed by atoms with Gasteiger partial charge in [0.15, 0.2) is 0 Å². The minimum absolute atomic E-state index is 0.00698. The number of ether oxygens (including phenoxy) is 1. The molecule has 94 valence electrons. The molecule has 0 radical (unpaired) electrons. The maximum atomic E-state index is 10.8. The van der Waals surface area contributed by atoms with Crippen molar-refractivity contribution in [2.75, 3.05) is 0 Å². The number of rotatable bonds is 3. The van der Waals surface area contributed by atoms with Gasteiger partial charge in [-0.15, -0.1) is 0 Å². The highest BCUT2D eigenvalue weighted by molar-refractivity contribution is 5.52. The van der Waals surface area contributed by atoms with Crippen molar-refractivity contribution in [3.8, 4) is 11.8 Å². The number of nitrogens with zero attached hydrogens (tertiary/aromatic N) is 2. The molecule has 0 amide bonds. The monoisotopic (exact) mass is 247 g/mol. The Morgan fingerprint density at radius 2 is 2.28 bits per heavy atom. The number of nitrogens with two attached hydrogens (primary N) is 1. The molecule has 0 bridgehead atoms. The first kappa shape index (κ1) is 12.3. The van der Waals surface area contributed by atoms with Crippen LogP contribution in [0.3, 0.4) is 0 Å². The van der Waals surface area contributed by atoms with Crippen molar-refractivity contribution in [1.29, 1.82) is 5.26 Å². The van der Waals surface area contributed by atoms with Gasteiger partial charge < -0.3 is 10.5 Å². The van der Waals surface area contributed by atoms with E-state index < -0.39 is 4.92 Å². The molecule has 1 saturated carbocycles. The van der Waals surface area contributed by atoms with Gasteiger partial charge >= 0.3 is 0 Å². The Morgan fingerprint density at radius 3 is 2.83 bits per heavy atom. The number of hydrogen-bond donors (Lipinski definition) is 1. The molecular weight excluding hydrogens is 234 g/mol. The summed E-state index contributed by atoms with van der Waals surface area (Å²) in [6, 6.07) is 6.21. The second-order valence-corrected chi connectivity index (χ2v) is 4.36. The van der Waals surface area contributed by atoms with E-state index in [1.165, 1.54) is 12.1 Å². The van der Waals surface area contributed by atoms with Crippen LogP contribution in [0.25, 0.3) is 0 Å². The maximum Gasteiger partial charge on any atom is 0.290 e. The molecular formula is C12H13N3O3. The molecule has 1 aliphatic rings. The van der Waals surface area contributed by atoms with E-state index in [-0.39, 0.29) is 23.4 Å². The molecule has 2 N–H and O–H groups in total. The Hall–Kier alpha value is -2.13. The fraction of sp³-hybridized carbons (Fsp3) is 0.417.